The molecule has 0 aliphatic rings. The van der Waals surface area contributed by atoms with Gasteiger partial charge in [0.1, 0.15) is 4.21 Å². The SMILES string of the molecule is CCCN(c1ccc(N)cc1)S(=O)(=O)c1ccc(C)s1. The third kappa shape index (κ3) is 2.96. The Bertz CT molecular complexity index is 675. The number of sulfonamides is 1. The molecule has 0 bridgehead atoms. The number of rotatable bonds is 5. The molecule has 0 amide bonds. The van der Waals surface area contributed by atoms with E-state index in [-0.39, 0.29) is 0 Å². The highest BCUT2D eigenvalue weighted by Gasteiger charge is 2.25. The molecule has 1 aromatic heterocycles. The van der Waals surface area contributed by atoms with Crippen LogP contribution in [-0.4, -0.2) is 15.0 Å². The lowest BCUT2D eigenvalue weighted by molar-refractivity contribution is 0.592. The van der Waals surface area contributed by atoms with E-state index >= 15 is 0 Å². The molecule has 0 spiro atoms. The van der Waals surface area contributed by atoms with Gasteiger partial charge in [-0.05, 0) is 49.7 Å². The van der Waals surface area contributed by atoms with Crippen molar-refractivity contribution in [3.8, 4) is 0 Å². The molecule has 2 N–H and O–H groups in total. The first-order valence-electron chi connectivity index (χ1n) is 6.40. The molecule has 1 heterocycles. The molecule has 2 aromatic rings. The van der Waals surface area contributed by atoms with Crippen LogP contribution in [0.25, 0.3) is 0 Å². The second-order valence-corrected chi connectivity index (χ2v) is 7.91. The highest BCUT2D eigenvalue weighted by molar-refractivity contribution is 7.94. The van der Waals surface area contributed by atoms with E-state index in [0.717, 1.165) is 11.3 Å². The van der Waals surface area contributed by atoms with Crippen LogP contribution in [0.2, 0.25) is 0 Å². The zero-order valence-corrected chi connectivity index (χ0v) is 13.2. The summed E-state index contributed by atoms with van der Waals surface area (Å²) in [4.78, 5) is 0.984. The van der Waals surface area contributed by atoms with Crippen LogP contribution < -0.4 is 10.0 Å². The third-order valence-electron chi connectivity index (χ3n) is 2.87. The molecule has 6 heteroatoms. The molecular weight excluding hydrogens is 292 g/mol. The van der Waals surface area contributed by atoms with E-state index in [2.05, 4.69) is 0 Å². The minimum absolute atomic E-state index is 0.375. The van der Waals surface area contributed by atoms with Crippen molar-refractivity contribution in [2.45, 2.75) is 24.5 Å². The van der Waals surface area contributed by atoms with Gasteiger partial charge < -0.3 is 5.73 Å². The molecule has 108 valence electrons. The van der Waals surface area contributed by atoms with Crippen molar-refractivity contribution < 1.29 is 8.42 Å². The van der Waals surface area contributed by atoms with E-state index in [1.54, 1.807) is 30.3 Å². The molecular formula is C14H18N2O2S2. The number of nitrogens with zero attached hydrogens (tertiary/aromatic N) is 1. The Kier molecular flexibility index (Phi) is 4.35. The highest BCUT2D eigenvalue weighted by Crippen LogP contribution is 2.29. The fourth-order valence-corrected chi connectivity index (χ4v) is 4.85. The summed E-state index contributed by atoms with van der Waals surface area (Å²) in [7, 11) is -3.50. The number of aryl methyl sites for hydroxylation is 1. The van der Waals surface area contributed by atoms with Crippen LogP contribution in [-0.2, 0) is 10.0 Å². The van der Waals surface area contributed by atoms with E-state index < -0.39 is 10.0 Å². The van der Waals surface area contributed by atoms with Crippen LogP contribution >= 0.6 is 11.3 Å². The molecule has 0 radical (unpaired) electrons. The fourth-order valence-electron chi connectivity index (χ4n) is 1.89. The van der Waals surface area contributed by atoms with Gasteiger partial charge >= 0.3 is 0 Å². The molecule has 0 saturated heterocycles. The molecule has 0 aliphatic heterocycles. The quantitative estimate of drug-likeness (QED) is 0.862. The van der Waals surface area contributed by atoms with Gasteiger partial charge in [-0.3, -0.25) is 4.31 Å². The fraction of sp³-hybridized carbons (Fsp3) is 0.286. The monoisotopic (exact) mass is 310 g/mol. The smallest absolute Gasteiger partial charge is 0.273 e. The molecule has 0 atom stereocenters. The molecule has 20 heavy (non-hydrogen) atoms. The molecule has 0 fully saturated rings. The molecule has 0 aliphatic carbocycles. The predicted octanol–water partition coefficient (Wildman–Crippen LogP) is 3.24. The van der Waals surface area contributed by atoms with Gasteiger partial charge in [-0.2, -0.15) is 0 Å². The largest absolute Gasteiger partial charge is 0.399 e. The normalized spacial score (nSPS) is 11.5. The summed E-state index contributed by atoms with van der Waals surface area (Å²) in [5.41, 5.74) is 6.92. The van der Waals surface area contributed by atoms with Crippen LogP contribution in [0.4, 0.5) is 11.4 Å². The second-order valence-electron chi connectivity index (χ2n) is 4.53. The Hall–Kier alpha value is -1.53. The topological polar surface area (TPSA) is 63.4 Å². The van der Waals surface area contributed by atoms with Crippen molar-refractivity contribution in [1.29, 1.82) is 0 Å². The highest BCUT2D eigenvalue weighted by atomic mass is 32.2. The summed E-state index contributed by atoms with van der Waals surface area (Å²) in [6, 6.07) is 10.4. The molecule has 0 saturated carbocycles. The maximum absolute atomic E-state index is 12.7. The minimum atomic E-state index is -3.50. The predicted molar refractivity (Wildman–Crippen MR) is 84.7 cm³/mol. The summed E-state index contributed by atoms with van der Waals surface area (Å²) in [5, 5.41) is 0. The van der Waals surface area contributed by atoms with Crippen LogP contribution in [0.3, 0.4) is 0 Å². The Balaban J connectivity index is 2.44. The summed E-state index contributed by atoms with van der Waals surface area (Å²) >= 11 is 1.29. The first-order valence-corrected chi connectivity index (χ1v) is 8.65. The van der Waals surface area contributed by atoms with Gasteiger partial charge in [0.25, 0.3) is 10.0 Å². The second kappa shape index (κ2) is 5.85. The van der Waals surface area contributed by atoms with Gasteiger partial charge in [-0.25, -0.2) is 8.42 Å². The number of hydrogen-bond acceptors (Lipinski definition) is 4. The Morgan fingerprint density at radius 2 is 1.80 bits per heavy atom. The maximum Gasteiger partial charge on any atom is 0.273 e. The summed E-state index contributed by atoms with van der Waals surface area (Å²) in [5.74, 6) is 0. The average Bonchev–Trinajstić information content (AvgIpc) is 2.84. The number of nitrogens with two attached hydrogens (primary N) is 1. The average molecular weight is 310 g/mol. The van der Waals surface area contributed by atoms with Gasteiger partial charge in [-0.1, -0.05) is 6.92 Å². The number of benzene rings is 1. The Labute approximate surface area is 123 Å². The van der Waals surface area contributed by atoms with Gasteiger partial charge in [0.2, 0.25) is 0 Å². The van der Waals surface area contributed by atoms with Crippen LogP contribution in [0.5, 0.6) is 0 Å². The maximum atomic E-state index is 12.7. The lowest BCUT2D eigenvalue weighted by atomic mass is 10.3. The first-order chi connectivity index (χ1) is 9.45. The summed E-state index contributed by atoms with van der Waals surface area (Å²) < 4.78 is 27.3. The lowest BCUT2D eigenvalue weighted by Crippen LogP contribution is -2.31. The van der Waals surface area contributed by atoms with E-state index in [0.29, 0.717) is 22.1 Å². The standard InChI is InChI=1S/C14H18N2O2S2/c1-3-10-16(13-7-5-12(15)6-8-13)20(17,18)14-9-4-11(2)19-14/h4-9H,3,10,15H2,1-2H3. The van der Waals surface area contributed by atoms with Crippen LogP contribution in [0.15, 0.2) is 40.6 Å². The Morgan fingerprint density at radius 1 is 1.15 bits per heavy atom. The zero-order valence-electron chi connectivity index (χ0n) is 11.5. The summed E-state index contributed by atoms with van der Waals surface area (Å²) in [6.07, 6.45) is 0.744. The van der Waals surface area contributed by atoms with Gasteiger partial charge in [0.15, 0.2) is 0 Å². The number of hydrogen-bond donors (Lipinski definition) is 1. The lowest BCUT2D eigenvalue weighted by Gasteiger charge is -2.23. The van der Waals surface area contributed by atoms with Crippen molar-refractivity contribution in [2.24, 2.45) is 0 Å². The van der Waals surface area contributed by atoms with Crippen molar-refractivity contribution in [2.75, 3.05) is 16.6 Å². The summed E-state index contributed by atoms with van der Waals surface area (Å²) in [6.45, 7) is 4.31. The molecule has 2 rings (SSSR count). The molecule has 4 nitrogen and oxygen atoms in total. The number of anilines is 2. The number of thiophene rings is 1. The number of nitrogen functional groups attached to an aromatic ring is 1. The van der Waals surface area contributed by atoms with E-state index in [9.17, 15) is 8.42 Å². The van der Waals surface area contributed by atoms with E-state index in [1.807, 2.05) is 19.9 Å². The van der Waals surface area contributed by atoms with Crippen molar-refractivity contribution in [3.05, 3.63) is 41.3 Å². The van der Waals surface area contributed by atoms with Crippen molar-refractivity contribution in [1.82, 2.24) is 0 Å². The van der Waals surface area contributed by atoms with Crippen LogP contribution in [0.1, 0.15) is 18.2 Å². The molecule has 1 aromatic carbocycles. The van der Waals surface area contributed by atoms with Gasteiger partial charge in [-0.15, -0.1) is 11.3 Å². The van der Waals surface area contributed by atoms with Crippen molar-refractivity contribution >= 4 is 32.7 Å². The van der Waals surface area contributed by atoms with E-state index in [4.69, 9.17) is 5.73 Å². The molecule has 0 unspecified atom stereocenters. The van der Waals surface area contributed by atoms with Crippen molar-refractivity contribution in [3.63, 3.8) is 0 Å². The van der Waals surface area contributed by atoms with Gasteiger partial charge in [0, 0.05) is 17.1 Å². The first kappa shape index (κ1) is 14.9. The minimum Gasteiger partial charge on any atom is -0.399 e. The van der Waals surface area contributed by atoms with Crippen LogP contribution in [0, 0.1) is 6.92 Å². The third-order valence-corrected chi connectivity index (χ3v) is 6.16. The van der Waals surface area contributed by atoms with Gasteiger partial charge in [0.05, 0.1) is 5.69 Å². The Morgan fingerprint density at radius 3 is 2.30 bits per heavy atom. The zero-order chi connectivity index (χ0) is 14.8. The van der Waals surface area contributed by atoms with E-state index in [1.165, 1.54) is 15.6 Å².